The molecule has 1 aliphatic rings. The van der Waals surface area contributed by atoms with Gasteiger partial charge >= 0.3 is 6.03 Å². The van der Waals surface area contributed by atoms with Crippen LogP contribution in [0.3, 0.4) is 0 Å². The zero-order chi connectivity index (χ0) is 19.8. The third-order valence-electron chi connectivity index (χ3n) is 4.67. The molecule has 1 aliphatic carbocycles. The molecule has 0 aromatic carbocycles. The van der Waals surface area contributed by atoms with Crippen molar-refractivity contribution < 1.29 is 9.53 Å². The maximum Gasteiger partial charge on any atom is 0.320 e. The first-order chi connectivity index (χ1) is 13.7. The first kappa shape index (κ1) is 19.8. The lowest BCUT2D eigenvalue weighted by molar-refractivity contribution is 0.203. The fourth-order valence-corrected chi connectivity index (χ4v) is 3.19. The van der Waals surface area contributed by atoms with E-state index in [1.165, 1.54) is 6.21 Å². The maximum atomic E-state index is 12.2. The number of amides is 2. The molecule has 0 unspecified atom stereocenters. The van der Waals surface area contributed by atoms with E-state index in [2.05, 4.69) is 25.9 Å². The summed E-state index contributed by atoms with van der Waals surface area (Å²) in [4.78, 5) is 21.1. The second-order valence-electron chi connectivity index (χ2n) is 6.73. The summed E-state index contributed by atoms with van der Waals surface area (Å²) in [5.74, 6) is 0.473. The van der Waals surface area contributed by atoms with Gasteiger partial charge in [0.25, 0.3) is 0 Å². The van der Waals surface area contributed by atoms with Crippen molar-refractivity contribution in [1.82, 2.24) is 20.6 Å². The molecule has 2 heterocycles. The fourth-order valence-electron chi connectivity index (χ4n) is 3.19. The maximum absolute atomic E-state index is 12.2. The predicted molar refractivity (Wildman–Crippen MR) is 111 cm³/mol. The Morgan fingerprint density at radius 3 is 2.89 bits per heavy atom. The van der Waals surface area contributed by atoms with Crippen LogP contribution >= 0.6 is 0 Å². The van der Waals surface area contributed by atoms with E-state index in [4.69, 9.17) is 10.1 Å². The van der Waals surface area contributed by atoms with E-state index >= 15 is 0 Å². The highest BCUT2D eigenvalue weighted by atomic mass is 16.5. The summed E-state index contributed by atoms with van der Waals surface area (Å²) in [7, 11) is 1.64. The van der Waals surface area contributed by atoms with Gasteiger partial charge in [0, 0.05) is 49.4 Å². The monoisotopic (exact) mass is 382 g/mol. The number of methoxy groups -OCH3 is 1. The number of hydrogen-bond acceptors (Lipinski definition) is 6. The van der Waals surface area contributed by atoms with Gasteiger partial charge in [-0.15, -0.1) is 0 Å². The van der Waals surface area contributed by atoms with Crippen molar-refractivity contribution >= 4 is 34.7 Å². The van der Waals surface area contributed by atoms with Gasteiger partial charge in [0.2, 0.25) is 0 Å². The van der Waals surface area contributed by atoms with Gasteiger partial charge in [0.1, 0.15) is 5.82 Å². The van der Waals surface area contributed by atoms with Crippen molar-refractivity contribution in [3.8, 4) is 0 Å². The van der Waals surface area contributed by atoms with Gasteiger partial charge in [-0.05, 0) is 31.0 Å². The van der Waals surface area contributed by atoms with Crippen molar-refractivity contribution in [2.24, 2.45) is 0 Å². The molecule has 2 amide bonds. The van der Waals surface area contributed by atoms with Gasteiger partial charge in [-0.2, -0.15) is 0 Å². The van der Waals surface area contributed by atoms with Crippen molar-refractivity contribution in [2.45, 2.75) is 31.7 Å². The van der Waals surface area contributed by atoms with E-state index in [0.717, 1.165) is 36.8 Å². The second-order valence-corrected chi connectivity index (χ2v) is 6.73. The van der Waals surface area contributed by atoms with E-state index in [1.807, 2.05) is 12.1 Å². The van der Waals surface area contributed by atoms with Crippen LogP contribution in [-0.4, -0.2) is 48.5 Å². The summed E-state index contributed by atoms with van der Waals surface area (Å²) in [6, 6.07) is 5.44. The number of rotatable bonds is 8. The lowest BCUT2D eigenvalue weighted by Gasteiger charge is -2.13. The number of hydrogen-bond donors (Lipinski definition) is 4. The molecule has 0 bridgehead atoms. The highest BCUT2D eigenvalue weighted by Crippen LogP contribution is 2.20. The third-order valence-corrected chi connectivity index (χ3v) is 4.67. The van der Waals surface area contributed by atoms with E-state index in [0.29, 0.717) is 30.1 Å². The number of nitrogens with zero attached hydrogens (tertiary/aromatic N) is 2. The van der Waals surface area contributed by atoms with Crippen molar-refractivity contribution in [2.75, 3.05) is 25.6 Å². The van der Waals surface area contributed by atoms with Crippen LogP contribution in [0.25, 0.3) is 16.6 Å². The number of aromatic nitrogens is 2. The Morgan fingerprint density at radius 2 is 2.14 bits per heavy atom. The summed E-state index contributed by atoms with van der Waals surface area (Å²) < 4.78 is 5.00. The van der Waals surface area contributed by atoms with Crippen LogP contribution in [0, 0.1) is 5.41 Å². The summed E-state index contributed by atoms with van der Waals surface area (Å²) in [5.41, 5.74) is 2.83. The molecule has 0 spiro atoms. The van der Waals surface area contributed by atoms with Gasteiger partial charge in [-0.25, -0.2) is 9.78 Å². The van der Waals surface area contributed by atoms with E-state index in [1.54, 1.807) is 25.6 Å². The molecule has 8 heteroatoms. The molecular weight excluding hydrogens is 356 g/mol. The van der Waals surface area contributed by atoms with Gasteiger partial charge < -0.3 is 20.8 Å². The molecular formula is C20H26N6O2. The van der Waals surface area contributed by atoms with Gasteiger partial charge in [-0.1, -0.05) is 12.8 Å². The smallest absolute Gasteiger partial charge is 0.320 e. The summed E-state index contributed by atoms with van der Waals surface area (Å²) >= 11 is 0. The van der Waals surface area contributed by atoms with E-state index in [9.17, 15) is 4.79 Å². The number of allylic oxidation sites excluding steroid dienone is 1. The van der Waals surface area contributed by atoms with Crippen molar-refractivity contribution in [3.05, 3.63) is 36.2 Å². The first-order valence-electron chi connectivity index (χ1n) is 9.47. The van der Waals surface area contributed by atoms with Gasteiger partial charge in [-0.3, -0.25) is 10.3 Å². The molecule has 28 heavy (non-hydrogen) atoms. The summed E-state index contributed by atoms with van der Waals surface area (Å²) in [6.07, 6.45) is 9.12. The molecule has 8 nitrogen and oxygen atoms in total. The number of ether oxygens (including phenoxy) is 1. The topological polar surface area (TPSA) is 112 Å². The number of anilines is 1. The fraction of sp³-hybridized carbons (Fsp3) is 0.400. The molecule has 4 N–H and O–H groups in total. The Labute approximate surface area is 164 Å². The van der Waals surface area contributed by atoms with Crippen LogP contribution in [-0.2, 0) is 4.74 Å². The van der Waals surface area contributed by atoms with Crippen LogP contribution in [0.2, 0.25) is 0 Å². The molecule has 0 saturated heterocycles. The number of nitrogens with one attached hydrogen (secondary N) is 4. The molecule has 0 aliphatic heterocycles. The number of pyridine rings is 2. The number of fused-ring (bicyclic) bond motifs is 1. The van der Waals surface area contributed by atoms with Crippen LogP contribution < -0.4 is 16.0 Å². The highest BCUT2D eigenvalue weighted by Gasteiger charge is 2.17. The highest BCUT2D eigenvalue weighted by molar-refractivity contribution is 6.08. The molecule has 3 rings (SSSR count). The Bertz CT molecular complexity index is 861. The lowest BCUT2D eigenvalue weighted by atomic mass is 10.1. The third kappa shape index (κ3) is 5.26. The average molecular weight is 382 g/mol. The molecule has 148 valence electrons. The van der Waals surface area contributed by atoms with Crippen LogP contribution in [0.15, 0.2) is 30.6 Å². The SMILES string of the molecule is COCCN/C=C(\C=N)c1cnc2ccc(NC(=O)NC3CCCC3)nc2c1. The quantitative estimate of drug-likeness (QED) is 0.414. The molecule has 0 radical (unpaired) electrons. The molecule has 1 fully saturated rings. The molecule has 2 aromatic rings. The molecule has 2 aromatic heterocycles. The minimum absolute atomic E-state index is 0.231. The minimum atomic E-state index is -0.231. The van der Waals surface area contributed by atoms with Crippen molar-refractivity contribution in [3.63, 3.8) is 0 Å². The Kier molecular flexibility index (Phi) is 6.91. The summed E-state index contributed by atoms with van der Waals surface area (Å²) in [5, 5.41) is 16.5. The first-order valence-corrected chi connectivity index (χ1v) is 9.47. The summed E-state index contributed by atoms with van der Waals surface area (Å²) in [6.45, 7) is 1.23. The Hall–Kier alpha value is -3.00. The van der Waals surface area contributed by atoms with Crippen molar-refractivity contribution in [1.29, 1.82) is 5.41 Å². The van der Waals surface area contributed by atoms with Gasteiger partial charge in [0.05, 0.1) is 17.6 Å². The lowest BCUT2D eigenvalue weighted by Crippen LogP contribution is -2.36. The molecule has 0 atom stereocenters. The van der Waals surface area contributed by atoms with Crippen LogP contribution in [0.5, 0.6) is 0 Å². The standard InChI is InChI=1S/C20H26N6O2/c1-28-9-8-22-12-15(11-21)14-10-18-17(23-13-14)6-7-19(25-18)26-20(27)24-16-4-2-3-5-16/h6-7,10-13,16,21-22H,2-5,8-9H2,1H3,(H2,24,25,26,27)/b15-12+,21-11?. The zero-order valence-electron chi connectivity index (χ0n) is 16.0. The zero-order valence-corrected chi connectivity index (χ0v) is 16.0. The number of carbonyl (C=O) groups is 1. The number of carbonyl (C=O) groups excluding carboxylic acids is 1. The Balaban J connectivity index is 1.72. The molecule has 1 saturated carbocycles. The largest absolute Gasteiger partial charge is 0.388 e. The second kappa shape index (κ2) is 9.80. The normalized spacial score (nSPS) is 14.8. The van der Waals surface area contributed by atoms with Gasteiger partial charge in [0.15, 0.2) is 0 Å². The van der Waals surface area contributed by atoms with Crippen LogP contribution in [0.1, 0.15) is 31.2 Å². The van der Waals surface area contributed by atoms with E-state index in [-0.39, 0.29) is 12.1 Å². The van der Waals surface area contributed by atoms with Crippen LogP contribution in [0.4, 0.5) is 10.6 Å². The number of urea groups is 1. The minimum Gasteiger partial charge on any atom is -0.388 e. The average Bonchev–Trinajstić information content (AvgIpc) is 3.20. The van der Waals surface area contributed by atoms with E-state index < -0.39 is 0 Å². The predicted octanol–water partition coefficient (Wildman–Crippen LogP) is 2.92. The Morgan fingerprint density at radius 1 is 1.32 bits per heavy atom.